The molecule has 3 heterocycles. The third-order valence-electron chi connectivity index (χ3n) is 2.60. The quantitative estimate of drug-likeness (QED) is 0.654. The second-order valence-electron chi connectivity index (χ2n) is 3.60. The lowest BCUT2D eigenvalue weighted by atomic mass is 10.4. The number of rotatable bonds is 1. The standard InChI is InChI=1S/C10H10N2S4/c1-3-5(11)7-9(13-3)10-8(15-7)6(16-12)4(2)14-10/h11-12H2,1-2H3. The van der Waals surface area contributed by atoms with Gasteiger partial charge in [0.1, 0.15) is 0 Å². The Morgan fingerprint density at radius 2 is 1.50 bits per heavy atom. The first-order chi connectivity index (χ1) is 7.63. The predicted octanol–water partition coefficient (Wildman–Crippen LogP) is 4.34. The summed E-state index contributed by atoms with van der Waals surface area (Å²) in [6, 6.07) is 0. The molecule has 2 nitrogen and oxygen atoms in total. The van der Waals surface area contributed by atoms with Crippen LogP contribution in [0.5, 0.6) is 0 Å². The Morgan fingerprint density at radius 1 is 0.875 bits per heavy atom. The van der Waals surface area contributed by atoms with E-state index in [2.05, 4.69) is 13.8 Å². The van der Waals surface area contributed by atoms with Crippen molar-refractivity contribution in [3.05, 3.63) is 9.75 Å². The number of nitrogens with two attached hydrogens (primary N) is 2. The molecule has 0 fully saturated rings. The van der Waals surface area contributed by atoms with Gasteiger partial charge in [0, 0.05) is 9.75 Å². The highest BCUT2D eigenvalue weighted by Crippen LogP contribution is 2.50. The molecule has 0 amide bonds. The van der Waals surface area contributed by atoms with Crippen LogP contribution in [-0.2, 0) is 0 Å². The minimum atomic E-state index is 0.944. The predicted molar refractivity (Wildman–Crippen MR) is 79.0 cm³/mol. The van der Waals surface area contributed by atoms with E-state index >= 15 is 0 Å². The maximum absolute atomic E-state index is 6.08. The molecule has 0 aliphatic heterocycles. The van der Waals surface area contributed by atoms with Gasteiger partial charge in [-0.25, -0.2) is 0 Å². The summed E-state index contributed by atoms with van der Waals surface area (Å²) >= 11 is 6.74. The molecular weight excluding hydrogens is 276 g/mol. The first-order valence-corrected chi connectivity index (χ1v) is 8.03. The van der Waals surface area contributed by atoms with Crippen LogP contribution >= 0.6 is 46.0 Å². The normalized spacial score (nSPS) is 11.9. The minimum absolute atomic E-state index is 0.944. The Kier molecular flexibility index (Phi) is 2.45. The number of hydrogen-bond acceptors (Lipinski definition) is 6. The van der Waals surface area contributed by atoms with Crippen molar-refractivity contribution in [3.8, 4) is 0 Å². The van der Waals surface area contributed by atoms with Crippen LogP contribution in [0.4, 0.5) is 5.69 Å². The Morgan fingerprint density at radius 3 is 2.19 bits per heavy atom. The zero-order chi connectivity index (χ0) is 11.4. The van der Waals surface area contributed by atoms with Crippen molar-refractivity contribution in [1.82, 2.24) is 0 Å². The average Bonchev–Trinajstić information content (AvgIpc) is 2.81. The van der Waals surface area contributed by atoms with Gasteiger partial charge in [0.25, 0.3) is 0 Å². The Balaban J connectivity index is 2.50. The van der Waals surface area contributed by atoms with Gasteiger partial charge in [-0.15, -0.1) is 34.0 Å². The van der Waals surface area contributed by atoms with Crippen LogP contribution in [0, 0.1) is 13.8 Å². The van der Waals surface area contributed by atoms with Gasteiger partial charge in [0.2, 0.25) is 0 Å². The van der Waals surface area contributed by atoms with Crippen LogP contribution in [0.1, 0.15) is 9.75 Å². The molecule has 0 aliphatic rings. The lowest BCUT2D eigenvalue weighted by molar-refractivity contribution is 1.47. The highest BCUT2D eigenvalue weighted by Gasteiger charge is 2.18. The van der Waals surface area contributed by atoms with Crippen molar-refractivity contribution in [3.63, 3.8) is 0 Å². The SMILES string of the molecule is Cc1sc2c(sc3c(SN)c(C)sc32)c1N. The number of fused-ring (bicyclic) bond motifs is 3. The Hall–Kier alpha value is -0.270. The van der Waals surface area contributed by atoms with Gasteiger partial charge in [-0.1, -0.05) is 0 Å². The summed E-state index contributed by atoms with van der Waals surface area (Å²) in [6.07, 6.45) is 0. The molecule has 0 bridgehead atoms. The monoisotopic (exact) mass is 286 g/mol. The summed E-state index contributed by atoms with van der Waals surface area (Å²) in [4.78, 5) is 3.74. The summed E-state index contributed by atoms with van der Waals surface area (Å²) in [5.74, 6) is 0. The van der Waals surface area contributed by atoms with Crippen LogP contribution < -0.4 is 10.9 Å². The van der Waals surface area contributed by atoms with Crippen molar-refractivity contribution < 1.29 is 0 Å². The highest BCUT2D eigenvalue weighted by molar-refractivity contribution is 7.97. The molecule has 0 atom stereocenters. The van der Waals surface area contributed by atoms with Crippen LogP contribution in [0.25, 0.3) is 18.8 Å². The minimum Gasteiger partial charge on any atom is -0.397 e. The molecule has 84 valence electrons. The van der Waals surface area contributed by atoms with Crippen molar-refractivity contribution >= 4 is 70.4 Å². The fraction of sp³-hybridized carbons (Fsp3) is 0.200. The average molecular weight is 286 g/mol. The molecule has 0 saturated carbocycles. The van der Waals surface area contributed by atoms with Crippen LogP contribution in [-0.4, -0.2) is 0 Å². The molecule has 0 unspecified atom stereocenters. The maximum atomic E-state index is 6.08. The van der Waals surface area contributed by atoms with Gasteiger partial charge in [-0.05, 0) is 25.8 Å². The molecule has 0 aliphatic carbocycles. The van der Waals surface area contributed by atoms with Crippen LogP contribution in [0.15, 0.2) is 4.90 Å². The fourth-order valence-corrected chi connectivity index (χ4v) is 6.67. The van der Waals surface area contributed by atoms with Crippen molar-refractivity contribution in [2.75, 3.05) is 5.73 Å². The maximum Gasteiger partial charge on any atom is 0.0704 e. The molecule has 6 heteroatoms. The molecule has 0 radical (unpaired) electrons. The first kappa shape index (κ1) is 10.9. The van der Waals surface area contributed by atoms with E-state index in [0.717, 1.165) is 5.69 Å². The molecular formula is C10H10N2S4. The molecule has 0 spiro atoms. The third kappa shape index (κ3) is 1.28. The summed E-state index contributed by atoms with van der Waals surface area (Å²) < 4.78 is 5.24. The van der Waals surface area contributed by atoms with E-state index in [1.54, 1.807) is 22.7 Å². The zero-order valence-corrected chi connectivity index (χ0v) is 12.1. The molecule has 0 aromatic carbocycles. The molecule has 3 aromatic rings. The van der Waals surface area contributed by atoms with E-state index in [9.17, 15) is 0 Å². The largest absolute Gasteiger partial charge is 0.397 e. The summed E-state index contributed by atoms with van der Waals surface area (Å²) in [5, 5.41) is 5.72. The van der Waals surface area contributed by atoms with E-state index in [0.29, 0.717) is 0 Å². The van der Waals surface area contributed by atoms with Crippen LogP contribution in [0.3, 0.4) is 0 Å². The molecule has 16 heavy (non-hydrogen) atoms. The number of hydrogen-bond donors (Lipinski definition) is 2. The summed E-state index contributed by atoms with van der Waals surface area (Å²) in [7, 11) is 0. The Bertz CT molecular complexity index is 689. The van der Waals surface area contributed by atoms with Gasteiger partial charge in [-0.3, -0.25) is 5.14 Å². The van der Waals surface area contributed by atoms with E-state index in [1.165, 1.54) is 45.4 Å². The van der Waals surface area contributed by atoms with Crippen molar-refractivity contribution in [2.24, 2.45) is 5.14 Å². The van der Waals surface area contributed by atoms with E-state index in [4.69, 9.17) is 10.9 Å². The van der Waals surface area contributed by atoms with Crippen molar-refractivity contribution in [1.29, 1.82) is 0 Å². The van der Waals surface area contributed by atoms with Gasteiger partial charge in [0.15, 0.2) is 0 Å². The van der Waals surface area contributed by atoms with Gasteiger partial charge in [-0.2, -0.15) is 0 Å². The fourth-order valence-electron chi connectivity index (χ4n) is 1.78. The highest BCUT2D eigenvalue weighted by atomic mass is 32.2. The second kappa shape index (κ2) is 3.61. The van der Waals surface area contributed by atoms with E-state index in [1.807, 2.05) is 11.3 Å². The lowest BCUT2D eigenvalue weighted by Gasteiger charge is -1.91. The zero-order valence-electron chi connectivity index (χ0n) is 8.79. The molecule has 0 saturated heterocycles. The number of anilines is 1. The molecule has 3 aromatic heterocycles. The second-order valence-corrected chi connectivity index (χ2v) is 7.71. The molecule has 4 N–H and O–H groups in total. The van der Waals surface area contributed by atoms with Gasteiger partial charge < -0.3 is 5.73 Å². The number of thiophene rings is 3. The molecule has 3 rings (SSSR count). The van der Waals surface area contributed by atoms with Crippen LogP contribution in [0.2, 0.25) is 0 Å². The third-order valence-corrected chi connectivity index (χ3v) is 7.49. The first-order valence-electron chi connectivity index (χ1n) is 4.70. The topological polar surface area (TPSA) is 52.0 Å². The number of nitrogen functional groups attached to an aromatic ring is 1. The lowest BCUT2D eigenvalue weighted by Crippen LogP contribution is -1.81. The van der Waals surface area contributed by atoms with Gasteiger partial charge >= 0.3 is 0 Å². The Labute approximate surface area is 109 Å². The van der Waals surface area contributed by atoms with E-state index < -0.39 is 0 Å². The smallest absolute Gasteiger partial charge is 0.0704 e. The van der Waals surface area contributed by atoms with E-state index in [-0.39, 0.29) is 0 Å². The summed E-state index contributed by atoms with van der Waals surface area (Å²) in [6.45, 7) is 4.21. The van der Waals surface area contributed by atoms with Crippen molar-refractivity contribution in [2.45, 2.75) is 18.7 Å². The number of aryl methyl sites for hydroxylation is 2. The van der Waals surface area contributed by atoms with Gasteiger partial charge in [0.05, 0.1) is 29.4 Å². The summed E-state index contributed by atoms with van der Waals surface area (Å²) in [5.41, 5.74) is 7.02.